The van der Waals surface area contributed by atoms with Crippen LogP contribution in [-0.4, -0.2) is 28.3 Å². The Morgan fingerprint density at radius 1 is 1.27 bits per heavy atom. The van der Waals surface area contributed by atoms with Crippen LogP contribution in [0.2, 0.25) is 0 Å². The van der Waals surface area contributed by atoms with E-state index in [1.807, 2.05) is 13.8 Å². The second-order valence-corrected chi connectivity index (χ2v) is 6.56. The van der Waals surface area contributed by atoms with Crippen molar-refractivity contribution in [2.75, 3.05) is 0 Å². The summed E-state index contributed by atoms with van der Waals surface area (Å²) in [6.45, 7) is 5.32. The molecule has 0 spiro atoms. The lowest BCUT2D eigenvalue weighted by Gasteiger charge is -2.33. The maximum Gasteiger partial charge on any atom is 0.305 e. The number of carbonyl (C=O) groups is 2. The van der Waals surface area contributed by atoms with Gasteiger partial charge in [0, 0.05) is 10.5 Å². The third-order valence-corrected chi connectivity index (χ3v) is 4.26. The fourth-order valence-electron chi connectivity index (χ4n) is 1.83. The Hall–Kier alpha value is -1.63. The average molecular weight is 331 g/mol. The summed E-state index contributed by atoms with van der Waals surface area (Å²) < 4.78 is 24.5. The van der Waals surface area contributed by atoms with Crippen molar-refractivity contribution in [3.63, 3.8) is 0 Å². The molecule has 1 unspecified atom stereocenters. The molecular weight excluding hydrogens is 312 g/mol. The van der Waals surface area contributed by atoms with Crippen molar-refractivity contribution in [2.45, 2.75) is 43.4 Å². The van der Waals surface area contributed by atoms with Crippen molar-refractivity contribution in [1.29, 1.82) is 0 Å². The number of nitrogens with one attached hydrogen (secondary N) is 1. The Morgan fingerprint density at radius 2 is 1.82 bits per heavy atom. The van der Waals surface area contributed by atoms with E-state index < -0.39 is 23.2 Å². The predicted molar refractivity (Wildman–Crippen MR) is 81.3 cm³/mol. The largest absolute Gasteiger partial charge is 0.481 e. The molecule has 7 heteroatoms. The van der Waals surface area contributed by atoms with Gasteiger partial charge in [0.1, 0.15) is 0 Å². The first-order valence-electron chi connectivity index (χ1n) is 6.73. The summed E-state index contributed by atoms with van der Waals surface area (Å²) in [4.78, 5) is 23.5. The average Bonchev–Trinajstić information content (AvgIpc) is 2.37. The van der Waals surface area contributed by atoms with Crippen LogP contribution in [0.1, 0.15) is 37.6 Å². The van der Waals surface area contributed by atoms with Crippen molar-refractivity contribution in [1.82, 2.24) is 5.32 Å². The number of halogens is 2. The number of alkyl halides is 2. The van der Waals surface area contributed by atoms with E-state index in [9.17, 15) is 18.4 Å². The molecular formula is C15H19F2NO3S. The van der Waals surface area contributed by atoms with E-state index in [0.717, 1.165) is 0 Å². The smallest absolute Gasteiger partial charge is 0.305 e. The number of hydrogen-bond donors (Lipinski definition) is 2. The highest BCUT2D eigenvalue weighted by atomic mass is 32.2. The molecule has 0 aromatic heterocycles. The Morgan fingerprint density at radius 3 is 2.23 bits per heavy atom. The van der Waals surface area contributed by atoms with Crippen LogP contribution in [-0.2, 0) is 4.79 Å². The van der Waals surface area contributed by atoms with Gasteiger partial charge in [0.05, 0.1) is 12.0 Å². The number of benzene rings is 1. The molecule has 0 radical (unpaired) electrons. The maximum atomic E-state index is 12.2. The molecule has 0 saturated carbocycles. The standard InChI is InChI=1S/C15H19F2NO3S/c1-9(2)15(3,8-12(19)20)18-13(21)10-4-6-11(7-5-10)22-14(16)17/h4-7,9,14H,8H2,1-3H3,(H,18,21)(H,19,20). The van der Waals surface area contributed by atoms with E-state index in [1.165, 1.54) is 24.3 Å². The molecule has 0 fully saturated rings. The molecule has 0 bridgehead atoms. The van der Waals surface area contributed by atoms with Gasteiger partial charge >= 0.3 is 5.97 Å². The van der Waals surface area contributed by atoms with Gasteiger partial charge in [-0.1, -0.05) is 25.6 Å². The van der Waals surface area contributed by atoms with Gasteiger partial charge in [-0.25, -0.2) is 0 Å². The Bertz CT molecular complexity index is 534. The van der Waals surface area contributed by atoms with E-state index in [2.05, 4.69) is 5.32 Å². The van der Waals surface area contributed by atoms with Crippen molar-refractivity contribution in [2.24, 2.45) is 5.92 Å². The maximum absolute atomic E-state index is 12.2. The van der Waals surface area contributed by atoms with Crippen LogP contribution >= 0.6 is 11.8 Å². The van der Waals surface area contributed by atoms with E-state index in [-0.39, 0.29) is 12.3 Å². The Balaban J connectivity index is 2.84. The summed E-state index contributed by atoms with van der Waals surface area (Å²) in [5.74, 6) is -4.02. The molecule has 0 aliphatic carbocycles. The van der Waals surface area contributed by atoms with Crippen LogP contribution in [0.15, 0.2) is 29.2 Å². The minimum Gasteiger partial charge on any atom is -0.481 e. The van der Waals surface area contributed by atoms with Crippen molar-refractivity contribution in [3.05, 3.63) is 29.8 Å². The van der Waals surface area contributed by atoms with Crippen LogP contribution in [0.5, 0.6) is 0 Å². The molecule has 1 atom stereocenters. The quantitative estimate of drug-likeness (QED) is 0.749. The highest BCUT2D eigenvalue weighted by molar-refractivity contribution is 7.99. The van der Waals surface area contributed by atoms with Crippen LogP contribution in [0.25, 0.3) is 0 Å². The Kier molecular flexibility index (Phi) is 6.34. The minimum atomic E-state index is -2.51. The molecule has 22 heavy (non-hydrogen) atoms. The second kappa shape index (κ2) is 7.58. The summed E-state index contributed by atoms with van der Waals surface area (Å²) in [6.07, 6.45) is -0.199. The molecule has 1 amide bonds. The van der Waals surface area contributed by atoms with Gasteiger partial charge in [0.15, 0.2) is 0 Å². The lowest BCUT2D eigenvalue weighted by molar-refractivity contribution is -0.138. The number of thioether (sulfide) groups is 1. The summed E-state index contributed by atoms with van der Waals surface area (Å²) in [5, 5.41) is 11.7. The van der Waals surface area contributed by atoms with E-state index in [4.69, 9.17) is 5.11 Å². The highest BCUT2D eigenvalue weighted by Gasteiger charge is 2.33. The zero-order valence-electron chi connectivity index (χ0n) is 12.6. The molecule has 1 aromatic carbocycles. The molecule has 122 valence electrons. The van der Waals surface area contributed by atoms with Gasteiger partial charge in [0.2, 0.25) is 0 Å². The molecule has 0 aliphatic rings. The third-order valence-electron chi connectivity index (χ3n) is 3.53. The minimum absolute atomic E-state index is 0.0822. The van der Waals surface area contributed by atoms with Gasteiger partial charge in [-0.15, -0.1) is 0 Å². The van der Waals surface area contributed by atoms with Crippen LogP contribution < -0.4 is 5.32 Å². The van der Waals surface area contributed by atoms with Gasteiger partial charge in [-0.3, -0.25) is 9.59 Å². The van der Waals surface area contributed by atoms with E-state index in [1.54, 1.807) is 6.92 Å². The zero-order chi connectivity index (χ0) is 16.9. The number of carboxylic acid groups (broad SMARTS) is 1. The lowest BCUT2D eigenvalue weighted by atomic mass is 9.85. The highest BCUT2D eigenvalue weighted by Crippen LogP contribution is 2.26. The van der Waals surface area contributed by atoms with Gasteiger partial charge in [-0.05, 0) is 37.1 Å². The molecule has 1 aromatic rings. The predicted octanol–water partition coefficient (Wildman–Crippen LogP) is 3.62. The number of hydrogen-bond acceptors (Lipinski definition) is 3. The molecule has 1 rings (SSSR count). The van der Waals surface area contributed by atoms with Crippen molar-refractivity contribution in [3.8, 4) is 0 Å². The number of amides is 1. The monoisotopic (exact) mass is 331 g/mol. The van der Waals surface area contributed by atoms with E-state index >= 15 is 0 Å². The summed E-state index contributed by atoms with van der Waals surface area (Å²) in [5.41, 5.74) is -0.588. The molecule has 2 N–H and O–H groups in total. The van der Waals surface area contributed by atoms with Gasteiger partial charge in [0.25, 0.3) is 11.7 Å². The van der Waals surface area contributed by atoms with Gasteiger partial charge in [-0.2, -0.15) is 8.78 Å². The van der Waals surface area contributed by atoms with Gasteiger partial charge < -0.3 is 10.4 Å². The summed E-state index contributed by atoms with van der Waals surface area (Å²) in [7, 11) is 0. The third kappa shape index (κ3) is 5.29. The van der Waals surface area contributed by atoms with Crippen LogP contribution in [0.3, 0.4) is 0 Å². The number of aliphatic carboxylic acids is 1. The molecule has 4 nitrogen and oxygen atoms in total. The molecule has 0 aliphatic heterocycles. The number of carbonyl (C=O) groups excluding carboxylic acids is 1. The normalized spacial score (nSPS) is 14.0. The SMILES string of the molecule is CC(C)C(C)(CC(=O)O)NC(=O)c1ccc(SC(F)F)cc1. The van der Waals surface area contributed by atoms with Crippen molar-refractivity contribution >= 4 is 23.6 Å². The second-order valence-electron chi connectivity index (χ2n) is 5.50. The number of carboxylic acids is 1. The first-order chi connectivity index (χ1) is 10.1. The topological polar surface area (TPSA) is 66.4 Å². The zero-order valence-corrected chi connectivity index (χ0v) is 13.4. The lowest BCUT2D eigenvalue weighted by Crippen LogP contribution is -2.51. The molecule has 0 saturated heterocycles. The van der Waals surface area contributed by atoms with Crippen LogP contribution in [0, 0.1) is 5.92 Å². The first kappa shape index (κ1) is 18.4. The first-order valence-corrected chi connectivity index (χ1v) is 7.61. The fraction of sp³-hybridized carbons (Fsp3) is 0.467. The van der Waals surface area contributed by atoms with E-state index in [0.29, 0.717) is 22.2 Å². The van der Waals surface area contributed by atoms with Crippen molar-refractivity contribution < 1.29 is 23.5 Å². The Labute approximate surface area is 132 Å². The summed E-state index contributed by atoms with van der Waals surface area (Å²) >= 11 is 0.403. The fourth-order valence-corrected chi connectivity index (χ4v) is 2.33. The number of rotatable bonds is 7. The molecule has 0 heterocycles. The van der Waals surface area contributed by atoms with Crippen LogP contribution in [0.4, 0.5) is 8.78 Å². The summed E-state index contributed by atoms with van der Waals surface area (Å²) in [6, 6.07) is 5.77.